The fraction of sp³-hybridized carbons (Fsp3) is 0.429. The van der Waals surface area contributed by atoms with Crippen molar-refractivity contribution in [2.45, 2.75) is 26.2 Å². The van der Waals surface area contributed by atoms with Gasteiger partial charge in [0.25, 0.3) is 0 Å². The SMILES string of the molecule is CC(C)c1cc2cccc(CCN)c2n1C. The van der Waals surface area contributed by atoms with Crippen molar-refractivity contribution in [1.29, 1.82) is 0 Å². The zero-order chi connectivity index (χ0) is 11.7. The molecule has 0 spiro atoms. The molecule has 0 radical (unpaired) electrons. The lowest BCUT2D eigenvalue weighted by Gasteiger charge is -2.09. The van der Waals surface area contributed by atoms with Crippen LogP contribution in [0.1, 0.15) is 31.0 Å². The Labute approximate surface area is 97.1 Å². The average molecular weight is 216 g/mol. The first-order valence-corrected chi connectivity index (χ1v) is 5.92. The van der Waals surface area contributed by atoms with Crippen molar-refractivity contribution >= 4 is 10.9 Å². The molecule has 0 aliphatic heterocycles. The Kier molecular flexibility index (Phi) is 3.01. The molecular weight excluding hydrogens is 196 g/mol. The number of aromatic nitrogens is 1. The number of benzene rings is 1. The Morgan fingerprint density at radius 3 is 2.69 bits per heavy atom. The third kappa shape index (κ3) is 1.74. The van der Waals surface area contributed by atoms with Crippen molar-refractivity contribution in [3.63, 3.8) is 0 Å². The molecule has 2 heteroatoms. The summed E-state index contributed by atoms with van der Waals surface area (Å²) in [5.74, 6) is 0.558. The molecule has 0 unspecified atom stereocenters. The van der Waals surface area contributed by atoms with Crippen LogP contribution in [0.3, 0.4) is 0 Å². The highest BCUT2D eigenvalue weighted by Crippen LogP contribution is 2.26. The zero-order valence-electron chi connectivity index (χ0n) is 10.3. The molecule has 0 atom stereocenters. The van der Waals surface area contributed by atoms with Gasteiger partial charge in [-0.2, -0.15) is 0 Å². The molecular formula is C14H20N2. The second-order valence-electron chi connectivity index (χ2n) is 4.68. The van der Waals surface area contributed by atoms with E-state index >= 15 is 0 Å². The van der Waals surface area contributed by atoms with Crippen LogP contribution in [0.25, 0.3) is 10.9 Å². The topological polar surface area (TPSA) is 30.9 Å². The summed E-state index contributed by atoms with van der Waals surface area (Å²) in [7, 11) is 2.15. The van der Waals surface area contributed by atoms with Crippen LogP contribution in [0.5, 0.6) is 0 Å². The third-order valence-corrected chi connectivity index (χ3v) is 3.18. The highest BCUT2D eigenvalue weighted by molar-refractivity contribution is 5.84. The minimum Gasteiger partial charge on any atom is -0.347 e. The molecule has 1 aromatic heterocycles. The number of hydrogen-bond donors (Lipinski definition) is 1. The van der Waals surface area contributed by atoms with Crippen LogP contribution in [0.15, 0.2) is 24.3 Å². The van der Waals surface area contributed by atoms with Crippen LogP contribution in [-0.4, -0.2) is 11.1 Å². The third-order valence-electron chi connectivity index (χ3n) is 3.18. The van der Waals surface area contributed by atoms with E-state index in [0.29, 0.717) is 12.5 Å². The molecule has 0 bridgehead atoms. The van der Waals surface area contributed by atoms with Crippen molar-refractivity contribution in [1.82, 2.24) is 4.57 Å². The average Bonchev–Trinajstić information content (AvgIpc) is 2.58. The van der Waals surface area contributed by atoms with Crippen LogP contribution in [0.2, 0.25) is 0 Å². The largest absolute Gasteiger partial charge is 0.347 e. The quantitative estimate of drug-likeness (QED) is 0.840. The first-order valence-electron chi connectivity index (χ1n) is 5.92. The predicted octanol–water partition coefficient (Wildman–Crippen LogP) is 2.80. The molecule has 1 aromatic carbocycles. The van der Waals surface area contributed by atoms with Gasteiger partial charge in [0, 0.05) is 18.1 Å². The summed E-state index contributed by atoms with van der Waals surface area (Å²) in [4.78, 5) is 0. The normalized spacial score (nSPS) is 11.6. The lowest BCUT2D eigenvalue weighted by molar-refractivity contribution is 0.753. The van der Waals surface area contributed by atoms with E-state index in [9.17, 15) is 0 Å². The maximum absolute atomic E-state index is 5.66. The van der Waals surface area contributed by atoms with Crippen LogP contribution < -0.4 is 5.73 Å². The summed E-state index contributed by atoms with van der Waals surface area (Å²) in [6.45, 7) is 5.18. The van der Waals surface area contributed by atoms with Gasteiger partial charge in [-0.05, 0) is 30.5 Å². The predicted molar refractivity (Wildman–Crippen MR) is 69.8 cm³/mol. The maximum atomic E-state index is 5.66. The molecule has 0 aliphatic carbocycles. The van der Waals surface area contributed by atoms with Crippen molar-refractivity contribution in [2.24, 2.45) is 12.8 Å². The highest BCUT2D eigenvalue weighted by atomic mass is 14.9. The fourth-order valence-corrected chi connectivity index (χ4v) is 2.43. The Morgan fingerprint density at radius 2 is 2.06 bits per heavy atom. The number of hydrogen-bond acceptors (Lipinski definition) is 1. The van der Waals surface area contributed by atoms with Gasteiger partial charge in [-0.1, -0.05) is 32.0 Å². The van der Waals surface area contributed by atoms with Crippen molar-refractivity contribution < 1.29 is 0 Å². The minimum atomic E-state index is 0.558. The highest BCUT2D eigenvalue weighted by Gasteiger charge is 2.11. The summed E-state index contributed by atoms with van der Waals surface area (Å²) in [5, 5.41) is 1.33. The molecule has 16 heavy (non-hydrogen) atoms. The number of nitrogens with zero attached hydrogens (tertiary/aromatic N) is 1. The summed E-state index contributed by atoms with van der Waals surface area (Å²) in [6.07, 6.45) is 0.951. The molecule has 1 heterocycles. The molecule has 2 N–H and O–H groups in total. The molecule has 0 fully saturated rings. The van der Waals surface area contributed by atoms with Gasteiger partial charge >= 0.3 is 0 Å². The smallest absolute Gasteiger partial charge is 0.0513 e. The summed E-state index contributed by atoms with van der Waals surface area (Å²) >= 11 is 0. The molecule has 86 valence electrons. The van der Waals surface area contributed by atoms with E-state index in [0.717, 1.165) is 6.42 Å². The number of aryl methyl sites for hydroxylation is 1. The fourth-order valence-electron chi connectivity index (χ4n) is 2.43. The Bertz CT molecular complexity index is 495. The maximum Gasteiger partial charge on any atom is 0.0513 e. The standard InChI is InChI=1S/C14H20N2/c1-10(2)13-9-12-6-4-5-11(7-8-15)14(12)16(13)3/h4-6,9-10H,7-8,15H2,1-3H3. The number of nitrogens with two attached hydrogens (primary N) is 1. The molecule has 0 amide bonds. The van der Waals surface area contributed by atoms with Gasteiger partial charge in [0.2, 0.25) is 0 Å². The van der Waals surface area contributed by atoms with Crippen LogP contribution >= 0.6 is 0 Å². The number of fused-ring (bicyclic) bond motifs is 1. The van der Waals surface area contributed by atoms with Gasteiger partial charge in [0.1, 0.15) is 0 Å². The molecule has 2 rings (SSSR count). The molecule has 0 aliphatic rings. The van der Waals surface area contributed by atoms with Gasteiger partial charge in [0.05, 0.1) is 5.52 Å². The van der Waals surface area contributed by atoms with E-state index in [1.807, 2.05) is 0 Å². The molecule has 0 saturated carbocycles. The van der Waals surface area contributed by atoms with Crippen molar-refractivity contribution in [2.75, 3.05) is 6.54 Å². The molecule has 0 saturated heterocycles. The van der Waals surface area contributed by atoms with Gasteiger partial charge in [-0.15, -0.1) is 0 Å². The molecule has 2 aromatic rings. The second-order valence-corrected chi connectivity index (χ2v) is 4.68. The van der Waals surface area contributed by atoms with Crippen LogP contribution in [0, 0.1) is 0 Å². The first kappa shape index (κ1) is 11.2. The van der Waals surface area contributed by atoms with E-state index in [1.54, 1.807) is 0 Å². The van der Waals surface area contributed by atoms with Gasteiger partial charge in [-0.3, -0.25) is 0 Å². The second kappa shape index (κ2) is 4.30. The zero-order valence-corrected chi connectivity index (χ0v) is 10.3. The van der Waals surface area contributed by atoms with E-state index in [-0.39, 0.29) is 0 Å². The minimum absolute atomic E-state index is 0.558. The Morgan fingerprint density at radius 1 is 1.31 bits per heavy atom. The van der Waals surface area contributed by atoms with Crippen molar-refractivity contribution in [3.8, 4) is 0 Å². The van der Waals surface area contributed by atoms with E-state index in [2.05, 4.69) is 49.7 Å². The van der Waals surface area contributed by atoms with Gasteiger partial charge in [0.15, 0.2) is 0 Å². The Balaban J connectivity index is 2.67. The monoisotopic (exact) mass is 216 g/mol. The number of para-hydroxylation sites is 1. The first-order chi connectivity index (χ1) is 7.65. The van der Waals surface area contributed by atoms with Gasteiger partial charge in [-0.25, -0.2) is 0 Å². The van der Waals surface area contributed by atoms with Crippen molar-refractivity contribution in [3.05, 3.63) is 35.5 Å². The number of rotatable bonds is 3. The van der Waals surface area contributed by atoms with E-state index in [1.165, 1.54) is 22.2 Å². The lowest BCUT2D eigenvalue weighted by atomic mass is 10.1. The van der Waals surface area contributed by atoms with E-state index < -0.39 is 0 Å². The molecule has 2 nitrogen and oxygen atoms in total. The lowest BCUT2D eigenvalue weighted by Crippen LogP contribution is -2.05. The van der Waals surface area contributed by atoms with E-state index in [4.69, 9.17) is 5.73 Å². The van der Waals surface area contributed by atoms with Crippen LogP contribution in [0.4, 0.5) is 0 Å². The van der Waals surface area contributed by atoms with Gasteiger partial charge < -0.3 is 10.3 Å². The Hall–Kier alpha value is -1.28. The van der Waals surface area contributed by atoms with Crippen LogP contribution in [-0.2, 0) is 13.5 Å². The summed E-state index contributed by atoms with van der Waals surface area (Å²) < 4.78 is 2.31. The summed E-state index contributed by atoms with van der Waals surface area (Å²) in [5.41, 5.74) is 9.75. The summed E-state index contributed by atoms with van der Waals surface area (Å²) in [6, 6.07) is 8.78.